The average Bonchev–Trinajstić information content (AvgIpc) is 3.27. The summed E-state index contributed by atoms with van der Waals surface area (Å²) in [6, 6.07) is 4.07. The third-order valence-corrected chi connectivity index (χ3v) is 5.54. The second-order valence-electron chi connectivity index (χ2n) is 7.48. The molecule has 0 spiro atoms. The maximum atomic E-state index is 12.6. The Morgan fingerprint density at radius 3 is 2.72 bits per heavy atom. The van der Waals surface area contributed by atoms with Crippen molar-refractivity contribution < 1.29 is 14.3 Å². The number of aliphatic hydroxyl groups excluding tert-OH is 1. The molecule has 3 atom stereocenters. The van der Waals surface area contributed by atoms with Gasteiger partial charge in [-0.1, -0.05) is 0 Å². The van der Waals surface area contributed by atoms with Crippen LogP contribution in [0.15, 0.2) is 16.5 Å². The van der Waals surface area contributed by atoms with Gasteiger partial charge in [0.15, 0.2) is 0 Å². The number of carbonyl (C=O) groups is 1. The van der Waals surface area contributed by atoms with Crippen molar-refractivity contribution >= 4 is 6.03 Å². The molecule has 3 heterocycles. The fraction of sp³-hybridized carbons (Fsp3) is 0.737. The third-order valence-electron chi connectivity index (χ3n) is 5.54. The van der Waals surface area contributed by atoms with Crippen LogP contribution in [-0.2, 0) is 0 Å². The Morgan fingerprint density at radius 1 is 1.32 bits per heavy atom. The number of nitrogens with one attached hydrogen (secondary N) is 1. The van der Waals surface area contributed by atoms with Crippen molar-refractivity contribution in [3.05, 3.63) is 23.7 Å². The molecule has 2 fully saturated rings. The normalized spacial score (nSPS) is 24.3. The number of likely N-dealkylation sites (tertiary alicyclic amines) is 2. The standard InChI is InChI=1S/C19H31N3O3/c1-14-7-8-18(25-14)17(21-9-3-4-10-21)12-20-19(24)22-11-5-6-16(13-22)15(2)23/h7-8,15-17,23H,3-6,9-13H2,1-2H3,(H,20,24). The number of hydrogen-bond donors (Lipinski definition) is 2. The van der Waals surface area contributed by atoms with Gasteiger partial charge in [-0.25, -0.2) is 4.79 Å². The Hall–Kier alpha value is -1.53. The van der Waals surface area contributed by atoms with Crippen LogP contribution in [0, 0.1) is 12.8 Å². The van der Waals surface area contributed by atoms with E-state index in [2.05, 4.69) is 10.2 Å². The molecule has 0 saturated carbocycles. The lowest BCUT2D eigenvalue weighted by atomic mass is 9.94. The smallest absolute Gasteiger partial charge is 0.317 e. The molecular weight excluding hydrogens is 318 g/mol. The van der Waals surface area contributed by atoms with E-state index in [-0.39, 0.29) is 24.1 Å². The van der Waals surface area contributed by atoms with Crippen LogP contribution < -0.4 is 5.32 Å². The fourth-order valence-electron chi connectivity index (χ4n) is 3.98. The minimum absolute atomic E-state index is 0.0298. The summed E-state index contributed by atoms with van der Waals surface area (Å²) >= 11 is 0. The van der Waals surface area contributed by atoms with Gasteiger partial charge in [0.2, 0.25) is 0 Å². The first-order valence-corrected chi connectivity index (χ1v) is 9.56. The first-order chi connectivity index (χ1) is 12.0. The van der Waals surface area contributed by atoms with E-state index in [0.717, 1.165) is 44.0 Å². The minimum atomic E-state index is -0.362. The minimum Gasteiger partial charge on any atom is -0.465 e. The maximum Gasteiger partial charge on any atom is 0.317 e. The average molecular weight is 349 g/mol. The van der Waals surface area contributed by atoms with Gasteiger partial charge in [0.1, 0.15) is 11.5 Å². The summed E-state index contributed by atoms with van der Waals surface area (Å²) in [6.07, 6.45) is 3.98. The molecule has 2 amide bonds. The van der Waals surface area contributed by atoms with Crippen molar-refractivity contribution in [2.45, 2.75) is 51.7 Å². The molecule has 6 heteroatoms. The van der Waals surface area contributed by atoms with E-state index in [0.29, 0.717) is 13.1 Å². The van der Waals surface area contributed by atoms with Crippen molar-refractivity contribution in [1.82, 2.24) is 15.1 Å². The summed E-state index contributed by atoms with van der Waals surface area (Å²) in [5.41, 5.74) is 0. The van der Waals surface area contributed by atoms with Crippen LogP contribution in [0.3, 0.4) is 0 Å². The zero-order valence-corrected chi connectivity index (χ0v) is 15.4. The lowest BCUT2D eigenvalue weighted by Crippen LogP contribution is -2.49. The monoisotopic (exact) mass is 349 g/mol. The summed E-state index contributed by atoms with van der Waals surface area (Å²) in [7, 11) is 0. The van der Waals surface area contributed by atoms with Crippen LogP contribution in [0.25, 0.3) is 0 Å². The molecule has 2 aliphatic rings. The van der Waals surface area contributed by atoms with E-state index in [1.54, 1.807) is 0 Å². The number of rotatable bonds is 5. The van der Waals surface area contributed by atoms with Crippen molar-refractivity contribution in [2.75, 3.05) is 32.7 Å². The molecule has 2 saturated heterocycles. The van der Waals surface area contributed by atoms with Gasteiger partial charge in [0.25, 0.3) is 0 Å². The highest BCUT2D eigenvalue weighted by Crippen LogP contribution is 2.26. The summed E-state index contributed by atoms with van der Waals surface area (Å²) in [5.74, 6) is 2.02. The summed E-state index contributed by atoms with van der Waals surface area (Å²) < 4.78 is 5.84. The number of carbonyl (C=O) groups excluding carboxylic acids is 1. The van der Waals surface area contributed by atoms with Crippen LogP contribution in [0.5, 0.6) is 0 Å². The van der Waals surface area contributed by atoms with Gasteiger partial charge in [-0.3, -0.25) is 4.90 Å². The Bertz CT molecular complexity index is 566. The van der Waals surface area contributed by atoms with Gasteiger partial charge in [-0.05, 0) is 64.8 Å². The van der Waals surface area contributed by atoms with Gasteiger partial charge in [-0.15, -0.1) is 0 Å². The van der Waals surface area contributed by atoms with Gasteiger partial charge in [-0.2, -0.15) is 0 Å². The molecule has 0 aromatic carbocycles. The SMILES string of the molecule is Cc1ccc(C(CNC(=O)N2CCCC(C(C)O)C2)N2CCCC2)o1. The van der Waals surface area contributed by atoms with Crippen LogP contribution in [0.4, 0.5) is 4.79 Å². The fourth-order valence-corrected chi connectivity index (χ4v) is 3.98. The number of urea groups is 1. The summed E-state index contributed by atoms with van der Waals surface area (Å²) in [4.78, 5) is 16.8. The van der Waals surface area contributed by atoms with E-state index < -0.39 is 0 Å². The highest BCUT2D eigenvalue weighted by atomic mass is 16.3. The first-order valence-electron chi connectivity index (χ1n) is 9.56. The molecule has 0 aliphatic carbocycles. The second-order valence-corrected chi connectivity index (χ2v) is 7.48. The van der Waals surface area contributed by atoms with E-state index in [1.165, 1.54) is 12.8 Å². The summed E-state index contributed by atoms with van der Waals surface area (Å²) in [5, 5.41) is 12.9. The predicted octanol–water partition coefficient (Wildman–Crippen LogP) is 2.53. The molecule has 6 nitrogen and oxygen atoms in total. The second kappa shape index (κ2) is 8.23. The van der Waals surface area contributed by atoms with Crippen molar-refractivity contribution in [3.63, 3.8) is 0 Å². The number of amides is 2. The van der Waals surface area contributed by atoms with Crippen LogP contribution in [0.2, 0.25) is 0 Å². The molecule has 1 aromatic heterocycles. The highest BCUT2D eigenvalue weighted by Gasteiger charge is 2.29. The molecule has 3 unspecified atom stereocenters. The molecule has 25 heavy (non-hydrogen) atoms. The van der Waals surface area contributed by atoms with E-state index in [9.17, 15) is 9.90 Å². The molecule has 0 bridgehead atoms. The van der Waals surface area contributed by atoms with Crippen LogP contribution in [-0.4, -0.2) is 59.8 Å². The Kier molecular flexibility index (Phi) is 6.02. The first kappa shape index (κ1) is 18.3. The number of piperidine rings is 1. The van der Waals surface area contributed by atoms with Crippen molar-refractivity contribution in [1.29, 1.82) is 0 Å². The number of aliphatic hydroxyl groups is 1. The Labute approximate surface area is 150 Å². The summed E-state index contributed by atoms with van der Waals surface area (Å²) in [6.45, 7) is 7.83. The molecular formula is C19H31N3O3. The topological polar surface area (TPSA) is 69.0 Å². The van der Waals surface area contributed by atoms with E-state index in [4.69, 9.17) is 4.42 Å². The van der Waals surface area contributed by atoms with Gasteiger partial charge in [0, 0.05) is 25.6 Å². The third kappa shape index (κ3) is 4.55. The quantitative estimate of drug-likeness (QED) is 0.857. The van der Waals surface area contributed by atoms with Gasteiger partial charge >= 0.3 is 6.03 Å². The van der Waals surface area contributed by atoms with E-state index >= 15 is 0 Å². The predicted molar refractivity (Wildman–Crippen MR) is 96.4 cm³/mol. The maximum absolute atomic E-state index is 12.6. The number of aryl methyl sites for hydroxylation is 1. The van der Waals surface area contributed by atoms with Gasteiger partial charge < -0.3 is 19.7 Å². The Morgan fingerprint density at radius 2 is 2.08 bits per heavy atom. The molecule has 3 rings (SSSR count). The van der Waals surface area contributed by atoms with Crippen LogP contribution in [0.1, 0.15) is 50.2 Å². The number of nitrogens with zero attached hydrogens (tertiary/aromatic N) is 2. The number of hydrogen-bond acceptors (Lipinski definition) is 4. The molecule has 2 N–H and O–H groups in total. The highest BCUT2D eigenvalue weighted by molar-refractivity contribution is 5.74. The molecule has 1 aromatic rings. The zero-order chi connectivity index (χ0) is 17.8. The van der Waals surface area contributed by atoms with E-state index in [1.807, 2.05) is 30.9 Å². The molecule has 140 valence electrons. The molecule has 2 aliphatic heterocycles. The zero-order valence-electron chi connectivity index (χ0n) is 15.4. The van der Waals surface area contributed by atoms with Crippen molar-refractivity contribution in [2.24, 2.45) is 5.92 Å². The lowest BCUT2D eigenvalue weighted by molar-refractivity contribution is 0.0733. The number of furan rings is 1. The van der Waals surface area contributed by atoms with Crippen molar-refractivity contribution in [3.8, 4) is 0 Å². The molecule has 0 radical (unpaired) electrons. The van der Waals surface area contributed by atoms with Gasteiger partial charge in [0.05, 0.1) is 12.1 Å². The van der Waals surface area contributed by atoms with Crippen LogP contribution >= 0.6 is 0 Å². The largest absolute Gasteiger partial charge is 0.465 e. The Balaban J connectivity index is 1.59. The lowest BCUT2D eigenvalue weighted by Gasteiger charge is -2.35.